The minimum absolute atomic E-state index is 0.620. The number of nitrogens with zero attached hydrogens (tertiary/aromatic N) is 1. The van der Waals surface area contributed by atoms with Crippen molar-refractivity contribution < 1.29 is 5.21 Å². The number of fused-ring (bicyclic) bond motifs is 1. The molecule has 0 spiro atoms. The molecule has 3 aromatic rings. The third-order valence-electron chi connectivity index (χ3n) is 3.54. The molecule has 0 saturated carbocycles. The van der Waals surface area contributed by atoms with Gasteiger partial charge in [-0.15, -0.1) is 0 Å². The first-order valence-electron chi connectivity index (χ1n) is 6.56. The van der Waals surface area contributed by atoms with Crippen molar-refractivity contribution in [2.24, 2.45) is 5.16 Å². The highest BCUT2D eigenvalue weighted by Crippen LogP contribution is 2.24. The third kappa shape index (κ3) is 2.28. The molecular weight excluding hydrogens is 246 g/mol. The molecule has 0 radical (unpaired) electrons. The van der Waals surface area contributed by atoms with E-state index in [9.17, 15) is 0 Å². The van der Waals surface area contributed by atoms with Crippen molar-refractivity contribution in [3.8, 4) is 11.1 Å². The minimum Gasteiger partial charge on any atom is -0.411 e. The van der Waals surface area contributed by atoms with E-state index in [1.807, 2.05) is 30.3 Å². The van der Waals surface area contributed by atoms with Gasteiger partial charge in [0, 0.05) is 0 Å². The van der Waals surface area contributed by atoms with E-state index in [4.69, 9.17) is 5.21 Å². The van der Waals surface area contributed by atoms with E-state index in [-0.39, 0.29) is 0 Å². The van der Waals surface area contributed by atoms with E-state index in [0.29, 0.717) is 5.71 Å². The van der Waals surface area contributed by atoms with Crippen molar-refractivity contribution in [1.29, 1.82) is 0 Å². The zero-order valence-corrected chi connectivity index (χ0v) is 11.2. The second kappa shape index (κ2) is 5.17. The van der Waals surface area contributed by atoms with E-state index in [1.54, 1.807) is 6.92 Å². The second-order valence-electron chi connectivity index (χ2n) is 4.82. The first-order chi connectivity index (χ1) is 9.78. The van der Waals surface area contributed by atoms with Crippen molar-refractivity contribution in [2.45, 2.75) is 6.92 Å². The summed E-state index contributed by atoms with van der Waals surface area (Å²) in [4.78, 5) is 0. The van der Waals surface area contributed by atoms with Crippen molar-refractivity contribution in [3.05, 3.63) is 72.3 Å². The van der Waals surface area contributed by atoms with Crippen LogP contribution in [0.25, 0.3) is 21.9 Å². The Morgan fingerprint density at radius 1 is 0.800 bits per heavy atom. The topological polar surface area (TPSA) is 32.6 Å². The van der Waals surface area contributed by atoms with Gasteiger partial charge in [0.05, 0.1) is 5.71 Å². The van der Waals surface area contributed by atoms with Gasteiger partial charge in [-0.2, -0.15) is 0 Å². The van der Waals surface area contributed by atoms with Gasteiger partial charge < -0.3 is 5.21 Å². The Morgan fingerprint density at radius 2 is 1.45 bits per heavy atom. The van der Waals surface area contributed by atoms with E-state index >= 15 is 0 Å². The van der Waals surface area contributed by atoms with E-state index < -0.39 is 0 Å². The summed E-state index contributed by atoms with van der Waals surface area (Å²) in [5.74, 6) is 0. The molecule has 20 heavy (non-hydrogen) atoms. The zero-order chi connectivity index (χ0) is 13.9. The highest BCUT2D eigenvalue weighted by molar-refractivity contribution is 5.98. The van der Waals surface area contributed by atoms with Crippen LogP contribution in [0.15, 0.2) is 71.9 Å². The molecule has 0 aliphatic carbocycles. The molecule has 0 saturated heterocycles. The fourth-order valence-electron chi connectivity index (χ4n) is 2.33. The van der Waals surface area contributed by atoms with Crippen molar-refractivity contribution in [3.63, 3.8) is 0 Å². The van der Waals surface area contributed by atoms with Crippen LogP contribution in [-0.2, 0) is 0 Å². The van der Waals surface area contributed by atoms with Crippen LogP contribution in [0, 0.1) is 0 Å². The van der Waals surface area contributed by atoms with Crippen LogP contribution in [0.2, 0.25) is 0 Å². The van der Waals surface area contributed by atoms with Crippen LogP contribution >= 0.6 is 0 Å². The molecule has 3 aromatic carbocycles. The van der Waals surface area contributed by atoms with Gasteiger partial charge in [0.25, 0.3) is 0 Å². The predicted octanol–water partition coefficient (Wildman–Crippen LogP) is 4.71. The molecule has 0 bridgehead atoms. The summed E-state index contributed by atoms with van der Waals surface area (Å²) in [7, 11) is 0. The normalized spacial score (nSPS) is 11.8. The van der Waals surface area contributed by atoms with Crippen molar-refractivity contribution in [1.82, 2.24) is 0 Å². The Morgan fingerprint density at radius 3 is 2.15 bits per heavy atom. The number of oxime groups is 1. The summed E-state index contributed by atoms with van der Waals surface area (Å²) in [6.07, 6.45) is 0. The van der Waals surface area contributed by atoms with Gasteiger partial charge in [0.2, 0.25) is 0 Å². The molecule has 1 N–H and O–H groups in total. The Hall–Kier alpha value is -2.61. The Labute approximate surface area is 118 Å². The number of hydrogen-bond donors (Lipinski definition) is 1. The molecule has 0 aliphatic rings. The Kier molecular flexibility index (Phi) is 3.21. The fraction of sp³-hybridized carbons (Fsp3) is 0.0556. The SMILES string of the molecule is CC(=NO)c1ccc(-c2ccc3ccccc3c2)cc1. The average Bonchev–Trinajstić information content (AvgIpc) is 2.54. The maximum absolute atomic E-state index is 8.78. The third-order valence-corrected chi connectivity index (χ3v) is 3.54. The molecule has 2 heteroatoms. The van der Waals surface area contributed by atoms with E-state index in [0.717, 1.165) is 11.1 Å². The fourth-order valence-corrected chi connectivity index (χ4v) is 2.33. The maximum atomic E-state index is 8.78. The Balaban J connectivity index is 2.02. The summed E-state index contributed by atoms with van der Waals surface area (Å²) in [5.41, 5.74) is 3.89. The lowest BCUT2D eigenvalue weighted by atomic mass is 9.99. The predicted molar refractivity (Wildman–Crippen MR) is 83.4 cm³/mol. The summed E-state index contributed by atoms with van der Waals surface area (Å²) in [6, 6.07) is 22.8. The molecule has 98 valence electrons. The van der Waals surface area contributed by atoms with Crippen LogP contribution < -0.4 is 0 Å². The lowest BCUT2D eigenvalue weighted by Gasteiger charge is -2.05. The molecule has 0 heterocycles. The van der Waals surface area contributed by atoms with Crippen LogP contribution in [0.4, 0.5) is 0 Å². The maximum Gasteiger partial charge on any atom is 0.0836 e. The molecule has 0 atom stereocenters. The summed E-state index contributed by atoms with van der Waals surface area (Å²) < 4.78 is 0. The molecule has 0 unspecified atom stereocenters. The molecule has 3 rings (SSSR count). The van der Waals surface area contributed by atoms with Gasteiger partial charge in [0.15, 0.2) is 0 Å². The zero-order valence-electron chi connectivity index (χ0n) is 11.2. The van der Waals surface area contributed by atoms with Gasteiger partial charge in [0.1, 0.15) is 0 Å². The molecule has 0 amide bonds. The molecule has 0 fully saturated rings. The lowest BCUT2D eigenvalue weighted by Crippen LogP contribution is -1.93. The molecule has 2 nitrogen and oxygen atoms in total. The molecule has 0 aromatic heterocycles. The van der Waals surface area contributed by atoms with Crippen LogP contribution in [0.5, 0.6) is 0 Å². The molecule has 0 aliphatic heterocycles. The van der Waals surface area contributed by atoms with Crippen LogP contribution in [0.3, 0.4) is 0 Å². The van der Waals surface area contributed by atoms with Crippen molar-refractivity contribution in [2.75, 3.05) is 0 Å². The van der Waals surface area contributed by atoms with E-state index in [1.165, 1.54) is 16.3 Å². The highest BCUT2D eigenvalue weighted by Gasteiger charge is 2.01. The minimum atomic E-state index is 0.620. The largest absolute Gasteiger partial charge is 0.411 e. The first-order valence-corrected chi connectivity index (χ1v) is 6.56. The number of rotatable bonds is 2. The number of hydrogen-bond acceptors (Lipinski definition) is 2. The molecular formula is C18H15NO. The van der Waals surface area contributed by atoms with Crippen LogP contribution in [0.1, 0.15) is 12.5 Å². The Bertz CT molecular complexity index is 773. The summed E-state index contributed by atoms with van der Waals surface area (Å²) in [5, 5.41) is 14.5. The first kappa shape index (κ1) is 12.4. The quantitative estimate of drug-likeness (QED) is 0.404. The second-order valence-corrected chi connectivity index (χ2v) is 4.82. The lowest BCUT2D eigenvalue weighted by molar-refractivity contribution is 0.319. The van der Waals surface area contributed by atoms with E-state index in [2.05, 4.69) is 41.6 Å². The summed E-state index contributed by atoms with van der Waals surface area (Å²) in [6.45, 7) is 1.78. The average molecular weight is 261 g/mol. The van der Waals surface area contributed by atoms with Crippen molar-refractivity contribution >= 4 is 16.5 Å². The smallest absolute Gasteiger partial charge is 0.0836 e. The van der Waals surface area contributed by atoms with Gasteiger partial charge in [-0.3, -0.25) is 0 Å². The van der Waals surface area contributed by atoms with Gasteiger partial charge in [-0.1, -0.05) is 65.8 Å². The van der Waals surface area contributed by atoms with Gasteiger partial charge in [-0.25, -0.2) is 0 Å². The standard InChI is InChI=1S/C18H15NO/c1-13(19-20)14-6-8-16(9-7-14)18-11-10-15-4-2-3-5-17(15)12-18/h2-12,20H,1H3. The van der Waals surface area contributed by atoms with Gasteiger partial charge in [-0.05, 0) is 40.5 Å². The van der Waals surface area contributed by atoms with Crippen LogP contribution in [-0.4, -0.2) is 10.9 Å². The highest BCUT2D eigenvalue weighted by atomic mass is 16.4. The monoisotopic (exact) mass is 261 g/mol. The summed E-state index contributed by atoms with van der Waals surface area (Å²) >= 11 is 0. The number of benzene rings is 3. The van der Waals surface area contributed by atoms with Gasteiger partial charge >= 0.3 is 0 Å².